The van der Waals surface area contributed by atoms with Crippen molar-refractivity contribution in [3.8, 4) is 0 Å². The van der Waals surface area contributed by atoms with Gasteiger partial charge in [0.05, 0.1) is 12.5 Å². The van der Waals surface area contributed by atoms with E-state index in [1.807, 2.05) is 0 Å². The Morgan fingerprint density at radius 3 is 2.76 bits per heavy atom. The second-order valence-electron chi connectivity index (χ2n) is 4.44. The standard InChI is InChI=1S/C10H18N6O/c1-3-10(4-6-11-7-5-10)8(17)12-9-13-15-16(2)14-9/h11H,3-7H2,1-2H3,(H,12,14,17). The Morgan fingerprint density at radius 2 is 2.24 bits per heavy atom. The van der Waals surface area contributed by atoms with E-state index in [4.69, 9.17) is 0 Å². The third-order valence-corrected chi connectivity index (χ3v) is 3.45. The van der Waals surface area contributed by atoms with Gasteiger partial charge in [0.1, 0.15) is 0 Å². The average molecular weight is 238 g/mol. The number of amides is 1. The summed E-state index contributed by atoms with van der Waals surface area (Å²) in [5, 5.41) is 17.4. The maximum atomic E-state index is 12.3. The summed E-state index contributed by atoms with van der Waals surface area (Å²) in [5.41, 5.74) is -0.287. The van der Waals surface area contributed by atoms with Gasteiger partial charge in [0.2, 0.25) is 5.91 Å². The summed E-state index contributed by atoms with van der Waals surface area (Å²) in [4.78, 5) is 13.6. The molecule has 1 aromatic rings. The molecule has 0 spiro atoms. The minimum atomic E-state index is -0.287. The van der Waals surface area contributed by atoms with Gasteiger partial charge in [0.15, 0.2) is 0 Å². The van der Waals surface area contributed by atoms with Gasteiger partial charge in [-0.2, -0.15) is 4.80 Å². The van der Waals surface area contributed by atoms with Crippen LogP contribution in [0.1, 0.15) is 26.2 Å². The monoisotopic (exact) mass is 238 g/mol. The van der Waals surface area contributed by atoms with Gasteiger partial charge in [0.25, 0.3) is 5.95 Å². The van der Waals surface area contributed by atoms with E-state index in [9.17, 15) is 4.79 Å². The second-order valence-corrected chi connectivity index (χ2v) is 4.44. The summed E-state index contributed by atoms with van der Waals surface area (Å²) >= 11 is 0. The van der Waals surface area contributed by atoms with Crippen LogP contribution in [0, 0.1) is 5.41 Å². The highest BCUT2D eigenvalue weighted by molar-refractivity contribution is 5.93. The van der Waals surface area contributed by atoms with Crippen LogP contribution in [-0.4, -0.2) is 39.2 Å². The molecular formula is C10H18N6O. The molecule has 0 atom stereocenters. The SMILES string of the molecule is CCC1(C(=O)Nc2nnn(C)n2)CCNCC1. The molecule has 1 aromatic heterocycles. The highest BCUT2D eigenvalue weighted by Gasteiger charge is 2.38. The molecule has 94 valence electrons. The van der Waals surface area contributed by atoms with E-state index in [1.165, 1.54) is 4.80 Å². The topological polar surface area (TPSA) is 84.7 Å². The largest absolute Gasteiger partial charge is 0.317 e. The number of aryl methyl sites for hydroxylation is 1. The summed E-state index contributed by atoms with van der Waals surface area (Å²) in [6.45, 7) is 3.82. The van der Waals surface area contributed by atoms with Crippen molar-refractivity contribution in [1.82, 2.24) is 25.5 Å². The van der Waals surface area contributed by atoms with Crippen LogP contribution < -0.4 is 10.6 Å². The minimum Gasteiger partial charge on any atom is -0.317 e. The Hall–Kier alpha value is -1.50. The lowest BCUT2D eigenvalue weighted by Gasteiger charge is -2.34. The molecular weight excluding hydrogens is 220 g/mol. The van der Waals surface area contributed by atoms with Crippen molar-refractivity contribution in [3.05, 3.63) is 0 Å². The van der Waals surface area contributed by atoms with Gasteiger partial charge < -0.3 is 5.32 Å². The van der Waals surface area contributed by atoms with Gasteiger partial charge in [-0.3, -0.25) is 10.1 Å². The zero-order valence-electron chi connectivity index (χ0n) is 10.2. The van der Waals surface area contributed by atoms with Crippen LogP contribution in [0.15, 0.2) is 0 Å². The molecule has 0 bridgehead atoms. The molecule has 0 unspecified atom stereocenters. The van der Waals surface area contributed by atoms with E-state index in [1.54, 1.807) is 7.05 Å². The van der Waals surface area contributed by atoms with Crippen molar-refractivity contribution in [2.45, 2.75) is 26.2 Å². The lowest BCUT2D eigenvalue weighted by atomic mass is 9.76. The third kappa shape index (κ3) is 2.44. The van der Waals surface area contributed by atoms with Crippen molar-refractivity contribution in [1.29, 1.82) is 0 Å². The van der Waals surface area contributed by atoms with E-state index in [0.717, 1.165) is 32.4 Å². The minimum absolute atomic E-state index is 0.00880. The fourth-order valence-corrected chi connectivity index (χ4v) is 2.21. The van der Waals surface area contributed by atoms with Crippen LogP contribution in [0.3, 0.4) is 0 Å². The highest BCUT2D eigenvalue weighted by atomic mass is 16.2. The number of nitrogens with one attached hydrogen (secondary N) is 2. The molecule has 1 fully saturated rings. The highest BCUT2D eigenvalue weighted by Crippen LogP contribution is 2.33. The first-order chi connectivity index (χ1) is 8.16. The van der Waals surface area contributed by atoms with Crippen molar-refractivity contribution >= 4 is 11.9 Å². The number of piperidine rings is 1. The van der Waals surface area contributed by atoms with Gasteiger partial charge in [-0.1, -0.05) is 12.0 Å². The third-order valence-electron chi connectivity index (χ3n) is 3.45. The fraction of sp³-hybridized carbons (Fsp3) is 0.800. The van der Waals surface area contributed by atoms with Crippen LogP contribution >= 0.6 is 0 Å². The smallest absolute Gasteiger partial charge is 0.270 e. The van der Waals surface area contributed by atoms with Crippen molar-refractivity contribution in [2.75, 3.05) is 18.4 Å². The maximum absolute atomic E-state index is 12.3. The first kappa shape index (κ1) is 12.0. The van der Waals surface area contributed by atoms with Crippen LogP contribution in [-0.2, 0) is 11.8 Å². The molecule has 0 radical (unpaired) electrons. The molecule has 7 heteroatoms. The van der Waals surface area contributed by atoms with Crippen LogP contribution in [0.25, 0.3) is 0 Å². The van der Waals surface area contributed by atoms with Gasteiger partial charge in [-0.25, -0.2) is 0 Å². The van der Waals surface area contributed by atoms with Gasteiger partial charge in [0, 0.05) is 0 Å². The number of hydrogen-bond acceptors (Lipinski definition) is 5. The summed E-state index contributed by atoms with van der Waals surface area (Å²) in [5.74, 6) is 0.290. The normalized spacial score (nSPS) is 18.9. The number of carbonyl (C=O) groups excluding carboxylic acids is 1. The molecule has 2 N–H and O–H groups in total. The number of rotatable bonds is 3. The molecule has 1 aliphatic rings. The zero-order chi connectivity index (χ0) is 12.3. The first-order valence-corrected chi connectivity index (χ1v) is 5.92. The molecule has 0 aromatic carbocycles. The lowest BCUT2D eigenvalue weighted by molar-refractivity contribution is -0.127. The van der Waals surface area contributed by atoms with E-state index >= 15 is 0 Å². The molecule has 0 saturated carbocycles. The quantitative estimate of drug-likeness (QED) is 0.770. The Morgan fingerprint density at radius 1 is 1.53 bits per heavy atom. The summed E-state index contributed by atoms with van der Waals surface area (Å²) < 4.78 is 0. The molecule has 1 saturated heterocycles. The number of carbonyl (C=O) groups is 1. The van der Waals surface area contributed by atoms with Crippen LogP contribution in [0.5, 0.6) is 0 Å². The molecule has 0 aliphatic carbocycles. The average Bonchev–Trinajstić information content (AvgIpc) is 2.75. The maximum Gasteiger partial charge on any atom is 0.270 e. The number of tetrazole rings is 1. The van der Waals surface area contributed by atoms with Crippen molar-refractivity contribution in [2.24, 2.45) is 12.5 Å². The molecule has 17 heavy (non-hydrogen) atoms. The number of anilines is 1. The number of nitrogens with zero attached hydrogens (tertiary/aromatic N) is 4. The summed E-state index contributed by atoms with van der Waals surface area (Å²) in [6, 6.07) is 0. The Bertz CT molecular complexity index is 395. The molecule has 7 nitrogen and oxygen atoms in total. The Balaban J connectivity index is 2.07. The Kier molecular flexibility index (Phi) is 3.37. The molecule has 1 aliphatic heterocycles. The zero-order valence-corrected chi connectivity index (χ0v) is 10.2. The van der Waals surface area contributed by atoms with E-state index < -0.39 is 0 Å². The fourth-order valence-electron chi connectivity index (χ4n) is 2.21. The van der Waals surface area contributed by atoms with Crippen molar-refractivity contribution in [3.63, 3.8) is 0 Å². The molecule has 2 rings (SSSR count). The van der Waals surface area contributed by atoms with Gasteiger partial charge in [-0.05, 0) is 37.6 Å². The number of hydrogen-bond donors (Lipinski definition) is 2. The predicted octanol–water partition coefficient (Wildman–Crippen LogP) is -0.0716. The Labute approximate surface area is 100.0 Å². The van der Waals surface area contributed by atoms with Gasteiger partial charge in [-0.15, -0.1) is 5.10 Å². The van der Waals surface area contributed by atoms with Crippen LogP contribution in [0.2, 0.25) is 0 Å². The van der Waals surface area contributed by atoms with E-state index in [2.05, 4.69) is 33.0 Å². The van der Waals surface area contributed by atoms with E-state index in [0.29, 0.717) is 0 Å². The lowest BCUT2D eigenvalue weighted by Crippen LogP contribution is -2.44. The van der Waals surface area contributed by atoms with E-state index in [-0.39, 0.29) is 17.3 Å². The second kappa shape index (κ2) is 4.79. The molecule has 1 amide bonds. The summed E-state index contributed by atoms with van der Waals surface area (Å²) in [6.07, 6.45) is 2.55. The summed E-state index contributed by atoms with van der Waals surface area (Å²) in [7, 11) is 1.67. The first-order valence-electron chi connectivity index (χ1n) is 5.92. The van der Waals surface area contributed by atoms with Crippen LogP contribution in [0.4, 0.5) is 5.95 Å². The van der Waals surface area contributed by atoms with Crippen molar-refractivity contribution < 1.29 is 4.79 Å². The predicted molar refractivity (Wildman–Crippen MR) is 62.3 cm³/mol. The molecule has 2 heterocycles. The number of aromatic nitrogens is 4. The van der Waals surface area contributed by atoms with Gasteiger partial charge >= 0.3 is 0 Å².